The Morgan fingerprint density at radius 1 is 0.519 bits per heavy atom. The molecule has 0 saturated heterocycles. The minimum Gasteiger partial charge on any atom is -0.203 e. The minimum atomic E-state index is -2.62. The lowest BCUT2D eigenvalue weighted by atomic mass is 10.2. The molecule has 0 fully saturated rings. The molecular weight excluding hydrogens is 467 g/mol. The third-order valence-electron chi connectivity index (χ3n) is 3.33. The Labute approximate surface area is 166 Å². The van der Waals surface area contributed by atoms with Gasteiger partial charge in [0.15, 0.2) is 46.5 Å². The van der Waals surface area contributed by atoms with Gasteiger partial charge in [0.25, 0.3) is 0 Å². The van der Waals surface area contributed by atoms with E-state index >= 15 is 0 Å². The third-order valence-corrected chi connectivity index (χ3v) is 6.35. The fraction of sp³-hybridized carbons (Fsp3) is 0.200. The number of alkyl halides is 2. The summed E-state index contributed by atoms with van der Waals surface area (Å²) in [4.78, 5) is -2.64. The third kappa shape index (κ3) is 4.13. The molecule has 0 heterocycles. The molecule has 0 atom stereocenters. The van der Waals surface area contributed by atoms with Crippen molar-refractivity contribution in [1.82, 2.24) is 0 Å². The predicted molar refractivity (Wildman–Crippen MR) is 88.2 cm³/mol. The normalized spacial score (nSPS) is 12.0. The molecule has 0 N–H and O–H groups in total. The van der Waals surface area contributed by atoms with Gasteiger partial charge in [0, 0.05) is 11.1 Å². The Bertz CT molecular complexity index is 801. The van der Waals surface area contributed by atoms with Crippen LogP contribution in [0.2, 0.25) is 0 Å². The maximum Gasteiger partial charge on any atom is 0.218 e. The first-order chi connectivity index (χ1) is 12.3. The molecule has 0 radical (unpaired) electrons. The molecule has 2 aromatic rings. The first-order valence-corrected chi connectivity index (χ1v) is 9.10. The van der Waals surface area contributed by atoms with Gasteiger partial charge >= 0.3 is 0 Å². The number of rotatable bonds is 4. The second-order valence-corrected chi connectivity index (χ2v) is 10.0. The Hall–Kier alpha value is -0.840. The van der Waals surface area contributed by atoms with Gasteiger partial charge in [-0.25, -0.2) is 35.1 Å². The summed E-state index contributed by atoms with van der Waals surface area (Å²) in [7, 11) is 0. The van der Waals surface area contributed by atoms with Gasteiger partial charge < -0.3 is 0 Å². The van der Waals surface area contributed by atoms with E-state index < -0.39 is 70.5 Å². The molecule has 27 heavy (non-hydrogen) atoms. The summed E-state index contributed by atoms with van der Waals surface area (Å²) >= 11 is 10.9. The molecule has 0 aliphatic carbocycles. The van der Waals surface area contributed by atoms with E-state index in [9.17, 15) is 35.1 Å². The maximum absolute atomic E-state index is 13.9. The minimum absolute atomic E-state index is 0.250. The quantitative estimate of drug-likeness (QED) is 0.149. The number of hydrogen-bond acceptors (Lipinski definition) is 2. The van der Waals surface area contributed by atoms with Crippen LogP contribution in [-0.4, -0.2) is 3.00 Å². The smallest absolute Gasteiger partial charge is 0.203 e. The Kier molecular flexibility index (Phi) is 6.56. The summed E-state index contributed by atoms with van der Waals surface area (Å²) in [6, 6.07) is 0. The number of halogens is 10. The van der Waals surface area contributed by atoms with Gasteiger partial charge in [0.2, 0.25) is 3.00 Å². The average molecular weight is 473 g/mol. The molecule has 2 aromatic carbocycles. The van der Waals surface area contributed by atoms with Crippen LogP contribution >= 0.6 is 46.7 Å². The molecule has 0 aliphatic rings. The summed E-state index contributed by atoms with van der Waals surface area (Å²) in [5.41, 5.74) is -1.90. The van der Waals surface area contributed by atoms with E-state index in [2.05, 4.69) is 0 Å². The van der Waals surface area contributed by atoms with Crippen molar-refractivity contribution in [2.45, 2.75) is 26.6 Å². The van der Waals surface area contributed by atoms with Crippen molar-refractivity contribution in [1.29, 1.82) is 0 Å². The van der Waals surface area contributed by atoms with Crippen molar-refractivity contribution in [3.05, 3.63) is 57.7 Å². The van der Waals surface area contributed by atoms with E-state index in [1.165, 1.54) is 0 Å². The number of hydrogen-bond donors (Lipinski definition) is 0. The summed E-state index contributed by atoms with van der Waals surface area (Å²) in [5, 5.41) is 0. The molecular formula is C15H6Cl2F8S2. The molecule has 0 aromatic heterocycles. The van der Waals surface area contributed by atoms with Crippen molar-refractivity contribution < 1.29 is 35.1 Å². The Morgan fingerprint density at radius 2 is 0.741 bits per heavy atom. The highest BCUT2D eigenvalue weighted by molar-refractivity contribution is 8.22. The van der Waals surface area contributed by atoms with Crippen molar-refractivity contribution in [2.24, 2.45) is 0 Å². The zero-order valence-electron chi connectivity index (χ0n) is 13.1. The highest BCUT2D eigenvalue weighted by atomic mass is 35.5. The van der Waals surface area contributed by atoms with Gasteiger partial charge in [-0.1, -0.05) is 46.7 Å². The van der Waals surface area contributed by atoms with E-state index in [-0.39, 0.29) is 23.5 Å². The van der Waals surface area contributed by atoms with Crippen molar-refractivity contribution in [3.8, 4) is 0 Å². The SMILES string of the molecule is Cc1c(F)c(F)c(SC(Cl)(Cl)Sc2c(F)c(F)c(C)c(F)c2F)c(F)c1F. The lowest BCUT2D eigenvalue weighted by Crippen LogP contribution is -2.10. The zero-order chi connectivity index (χ0) is 20.8. The van der Waals surface area contributed by atoms with E-state index in [1.54, 1.807) is 0 Å². The van der Waals surface area contributed by atoms with Crippen LogP contribution in [0.4, 0.5) is 35.1 Å². The first-order valence-electron chi connectivity index (χ1n) is 6.71. The highest BCUT2D eigenvalue weighted by Gasteiger charge is 2.37. The van der Waals surface area contributed by atoms with Crippen LogP contribution in [0.3, 0.4) is 0 Å². The van der Waals surface area contributed by atoms with Crippen LogP contribution in [0, 0.1) is 60.4 Å². The van der Waals surface area contributed by atoms with E-state index in [4.69, 9.17) is 23.2 Å². The fourth-order valence-corrected chi connectivity index (χ4v) is 4.66. The molecule has 0 amide bonds. The second-order valence-electron chi connectivity index (χ2n) is 5.09. The monoisotopic (exact) mass is 472 g/mol. The topological polar surface area (TPSA) is 0 Å². The molecule has 2 rings (SSSR count). The lowest BCUT2D eigenvalue weighted by molar-refractivity contribution is 0.417. The standard InChI is InChI=1S/C15H6Cl2F8S2/c1-3-5(18)9(22)13(10(23)6(3)19)26-15(16,17)27-14-11(24)7(20)4(2)8(21)12(14)25/h1-2H3. The maximum atomic E-state index is 13.9. The predicted octanol–water partition coefficient (Wildman–Crippen LogP) is 7.39. The van der Waals surface area contributed by atoms with Crippen molar-refractivity contribution in [2.75, 3.05) is 0 Å². The molecule has 0 spiro atoms. The fourth-order valence-electron chi connectivity index (χ4n) is 1.88. The van der Waals surface area contributed by atoms with Crippen LogP contribution < -0.4 is 0 Å². The number of thioether (sulfide) groups is 2. The summed E-state index contributed by atoms with van der Waals surface area (Å²) < 4.78 is 107. The Morgan fingerprint density at radius 3 is 0.963 bits per heavy atom. The average Bonchev–Trinajstić information content (AvgIpc) is 2.62. The van der Waals surface area contributed by atoms with Gasteiger partial charge in [-0.3, -0.25) is 0 Å². The second kappa shape index (κ2) is 7.88. The van der Waals surface area contributed by atoms with Crippen molar-refractivity contribution >= 4 is 46.7 Å². The summed E-state index contributed by atoms with van der Waals surface area (Å²) in [6.07, 6.45) is 0. The largest absolute Gasteiger partial charge is 0.218 e. The van der Waals surface area contributed by atoms with E-state index in [0.29, 0.717) is 0 Å². The first kappa shape index (κ1) is 22.4. The van der Waals surface area contributed by atoms with Crippen LogP contribution in [0.1, 0.15) is 11.1 Å². The van der Waals surface area contributed by atoms with E-state index in [1.807, 2.05) is 0 Å². The van der Waals surface area contributed by atoms with Crippen LogP contribution in [-0.2, 0) is 0 Å². The molecule has 0 bridgehead atoms. The summed E-state index contributed by atoms with van der Waals surface area (Å²) in [6.45, 7) is 1.55. The zero-order valence-corrected chi connectivity index (χ0v) is 16.2. The summed E-state index contributed by atoms with van der Waals surface area (Å²) in [5.74, 6) is -14.3. The molecule has 0 nitrogen and oxygen atoms in total. The van der Waals surface area contributed by atoms with E-state index in [0.717, 1.165) is 13.8 Å². The number of benzene rings is 2. The highest BCUT2D eigenvalue weighted by Crippen LogP contribution is 2.54. The van der Waals surface area contributed by atoms with Gasteiger partial charge in [-0.15, -0.1) is 0 Å². The van der Waals surface area contributed by atoms with Crippen LogP contribution in [0.5, 0.6) is 0 Å². The van der Waals surface area contributed by atoms with Gasteiger partial charge in [0.05, 0.1) is 9.79 Å². The van der Waals surface area contributed by atoms with Gasteiger partial charge in [-0.05, 0) is 13.8 Å². The van der Waals surface area contributed by atoms with Crippen LogP contribution in [0.25, 0.3) is 0 Å². The lowest BCUT2D eigenvalue weighted by Gasteiger charge is -2.21. The molecule has 148 valence electrons. The van der Waals surface area contributed by atoms with Crippen molar-refractivity contribution in [3.63, 3.8) is 0 Å². The molecule has 0 unspecified atom stereocenters. The van der Waals surface area contributed by atoms with Gasteiger partial charge in [-0.2, -0.15) is 0 Å². The van der Waals surface area contributed by atoms with Crippen LogP contribution in [0.15, 0.2) is 9.79 Å². The molecule has 0 saturated carbocycles. The van der Waals surface area contributed by atoms with Gasteiger partial charge in [0.1, 0.15) is 0 Å². The molecule has 12 heteroatoms. The molecule has 0 aliphatic heterocycles. The Balaban J connectivity index is 2.49.